The van der Waals surface area contributed by atoms with Crippen LogP contribution >= 0.6 is 0 Å². The zero-order valence-corrected chi connectivity index (χ0v) is 17.7. The van der Waals surface area contributed by atoms with Gasteiger partial charge in [0.25, 0.3) is 0 Å². The molecule has 0 radical (unpaired) electrons. The van der Waals surface area contributed by atoms with Crippen LogP contribution in [0.3, 0.4) is 0 Å². The summed E-state index contributed by atoms with van der Waals surface area (Å²) in [6.07, 6.45) is 3.17. The molecular formula is C24H30FN3O2. The normalized spacial score (nSPS) is 16.2. The van der Waals surface area contributed by atoms with Crippen molar-refractivity contribution in [3.05, 3.63) is 65.0 Å². The van der Waals surface area contributed by atoms with Crippen LogP contribution in [0.2, 0.25) is 0 Å². The van der Waals surface area contributed by atoms with Gasteiger partial charge in [0, 0.05) is 31.7 Å². The molecule has 0 aromatic heterocycles. The van der Waals surface area contributed by atoms with Crippen LogP contribution in [0.1, 0.15) is 42.4 Å². The molecule has 0 bridgehead atoms. The Kier molecular flexibility index (Phi) is 7.44. The van der Waals surface area contributed by atoms with E-state index in [-0.39, 0.29) is 17.8 Å². The number of nitrogens with zero attached hydrogens (tertiary/aromatic N) is 1. The Morgan fingerprint density at radius 1 is 1.10 bits per heavy atom. The molecule has 0 aliphatic carbocycles. The molecule has 3 rings (SSSR count). The van der Waals surface area contributed by atoms with E-state index in [0.29, 0.717) is 37.7 Å². The van der Waals surface area contributed by atoms with Crippen molar-refractivity contribution >= 4 is 17.6 Å². The van der Waals surface area contributed by atoms with Gasteiger partial charge in [0.05, 0.1) is 0 Å². The minimum absolute atomic E-state index is 0.0427. The molecule has 1 fully saturated rings. The number of hydrogen-bond donors (Lipinski definition) is 2. The van der Waals surface area contributed by atoms with E-state index >= 15 is 0 Å². The quantitative estimate of drug-likeness (QED) is 0.718. The average molecular weight is 412 g/mol. The standard InChI is InChI=1S/C24H30FN3O2/c1-17-5-6-20(14-18(17)2)15-26-23(29)12-7-19-4-3-13-28(16-19)24(30)27-22-10-8-21(25)9-11-22/h5-6,8-11,14,19H,3-4,7,12-13,15-16H2,1-2H3,(H,26,29)(H,27,30). The number of rotatable bonds is 6. The number of carbonyl (C=O) groups is 2. The zero-order chi connectivity index (χ0) is 21.5. The smallest absolute Gasteiger partial charge is 0.321 e. The maximum atomic E-state index is 13.0. The van der Waals surface area contributed by atoms with Crippen molar-refractivity contribution in [3.8, 4) is 0 Å². The Labute approximate surface area is 177 Å². The van der Waals surface area contributed by atoms with Crippen LogP contribution in [-0.4, -0.2) is 29.9 Å². The van der Waals surface area contributed by atoms with Gasteiger partial charge >= 0.3 is 6.03 Å². The Bertz CT molecular complexity index is 883. The topological polar surface area (TPSA) is 61.4 Å². The third-order valence-electron chi connectivity index (χ3n) is 5.74. The Hall–Kier alpha value is -2.89. The summed E-state index contributed by atoms with van der Waals surface area (Å²) >= 11 is 0. The van der Waals surface area contributed by atoms with E-state index in [1.165, 1.54) is 23.3 Å². The number of benzene rings is 2. The predicted molar refractivity (Wildman–Crippen MR) is 117 cm³/mol. The van der Waals surface area contributed by atoms with Gasteiger partial charge in [-0.2, -0.15) is 0 Å². The SMILES string of the molecule is Cc1ccc(CNC(=O)CCC2CCCN(C(=O)Nc3ccc(F)cc3)C2)cc1C. The maximum absolute atomic E-state index is 13.0. The molecular weight excluding hydrogens is 381 g/mol. The number of halogens is 1. The monoisotopic (exact) mass is 411 g/mol. The fraction of sp³-hybridized carbons (Fsp3) is 0.417. The van der Waals surface area contributed by atoms with Gasteiger partial charge in [-0.25, -0.2) is 9.18 Å². The summed E-state index contributed by atoms with van der Waals surface area (Å²) < 4.78 is 13.0. The first-order valence-electron chi connectivity index (χ1n) is 10.5. The second-order valence-corrected chi connectivity index (χ2v) is 8.13. The lowest BCUT2D eigenvalue weighted by Gasteiger charge is -2.32. The summed E-state index contributed by atoms with van der Waals surface area (Å²) in [5.74, 6) is 0.0213. The highest BCUT2D eigenvalue weighted by molar-refractivity contribution is 5.89. The van der Waals surface area contributed by atoms with Crippen LogP contribution in [0.5, 0.6) is 0 Å². The predicted octanol–water partition coefficient (Wildman–Crippen LogP) is 4.78. The number of anilines is 1. The average Bonchev–Trinajstić information content (AvgIpc) is 2.75. The summed E-state index contributed by atoms with van der Waals surface area (Å²) in [6.45, 7) is 6.02. The lowest BCUT2D eigenvalue weighted by atomic mass is 9.93. The molecule has 160 valence electrons. The van der Waals surface area contributed by atoms with Gasteiger partial charge in [0.15, 0.2) is 0 Å². The number of amides is 3. The van der Waals surface area contributed by atoms with E-state index in [4.69, 9.17) is 0 Å². The highest BCUT2D eigenvalue weighted by Crippen LogP contribution is 2.22. The second-order valence-electron chi connectivity index (χ2n) is 8.13. The van der Waals surface area contributed by atoms with Crippen LogP contribution in [0.25, 0.3) is 0 Å². The molecule has 2 aromatic rings. The number of piperidine rings is 1. The fourth-order valence-corrected chi connectivity index (χ4v) is 3.76. The number of hydrogen-bond acceptors (Lipinski definition) is 2. The molecule has 5 nitrogen and oxygen atoms in total. The van der Waals surface area contributed by atoms with Crippen LogP contribution in [0, 0.1) is 25.6 Å². The molecule has 1 atom stereocenters. The highest BCUT2D eigenvalue weighted by Gasteiger charge is 2.24. The second kappa shape index (κ2) is 10.2. The first-order chi connectivity index (χ1) is 14.4. The minimum Gasteiger partial charge on any atom is -0.352 e. The van der Waals surface area contributed by atoms with E-state index in [1.54, 1.807) is 17.0 Å². The summed E-state index contributed by atoms with van der Waals surface area (Å²) in [5.41, 5.74) is 4.15. The van der Waals surface area contributed by atoms with Crippen molar-refractivity contribution in [1.82, 2.24) is 10.2 Å². The molecule has 1 saturated heterocycles. The lowest BCUT2D eigenvalue weighted by molar-refractivity contribution is -0.121. The summed E-state index contributed by atoms with van der Waals surface area (Å²) in [4.78, 5) is 26.5. The molecule has 1 aliphatic heterocycles. The molecule has 1 aliphatic rings. The number of nitrogens with one attached hydrogen (secondary N) is 2. The highest BCUT2D eigenvalue weighted by atomic mass is 19.1. The van der Waals surface area contributed by atoms with Crippen LogP contribution in [0.15, 0.2) is 42.5 Å². The first kappa shape index (κ1) is 21.8. The Morgan fingerprint density at radius 2 is 1.87 bits per heavy atom. The molecule has 1 heterocycles. The van der Waals surface area contributed by atoms with Gasteiger partial charge in [-0.05, 0) is 80.0 Å². The third kappa shape index (κ3) is 6.31. The van der Waals surface area contributed by atoms with Crippen molar-refractivity contribution in [3.63, 3.8) is 0 Å². The van der Waals surface area contributed by atoms with Crippen molar-refractivity contribution < 1.29 is 14.0 Å². The molecule has 3 amide bonds. The summed E-state index contributed by atoms with van der Waals surface area (Å²) in [5, 5.41) is 5.81. The number of likely N-dealkylation sites (tertiary alicyclic amines) is 1. The molecule has 2 aromatic carbocycles. The molecule has 6 heteroatoms. The number of aryl methyl sites for hydroxylation is 2. The third-order valence-corrected chi connectivity index (χ3v) is 5.74. The van der Waals surface area contributed by atoms with Gasteiger partial charge in [-0.1, -0.05) is 18.2 Å². The first-order valence-corrected chi connectivity index (χ1v) is 10.5. The van der Waals surface area contributed by atoms with Crippen molar-refractivity contribution in [2.24, 2.45) is 5.92 Å². The van der Waals surface area contributed by atoms with Gasteiger partial charge in [0.1, 0.15) is 5.82 Å². The lowest BCUT2D eigenvalue weighted by Crippen LogP contribution is -2.42. The van der Waals surface area contributed by atoms with E-state index in [2.05, 4.69) is 36.6 Å². The van der Waals surface area contributed by atoms with Crippen molar-refractivity contribution in [2.45, 2.75) is 46.1 Å². The summed E-state index contributed by atoms with van der Waals surface area (Å²) in [7, 11) is 0. The van der Waals surface area contributed by atoms with Gasteiger partial charge in [-0.15, -0.1) is 0 Å². The van der Waals surface area contributed by atoms with E-state index in [9.17, 15) is 14.0 Å². The molecule has 30 heavy (non-hydrogen) atoms. The minimum atomic E-state index is -0.332. The van der Waals surface area contributed by atoms with Crippen LogP contribution in [0.4, 0.5) is 14.9 Å². The zero-order valence-electron chi connectivity index (χ0n) is 17.7. The number of carbonyl (C=O) groups excluding carboxylic acids is 2. The largest absolute Gasteiger partial charge is 0.352 e. The van der Waals surface area contributed by atoms with Gasteiger partial charge < -0.3 is 15.5 Å². The Morgan fingerprint density at radius 3 is 2.60 bits per heavy atom. The summed E-state index contributed by atoms with van der Waals surface area (Å²) in [6, 6.07) is 11.8. The van der Waals surface area contributed by atoms with Crippen molar-refractivity contribution in [2.75, 3.05) is 18.4 Å². The maximum Gasteiger partial charge on any atom is 0.321 e. The van der Waals surface area contributed by atoms with E-state index in [0.717, 1.165) is 24.8 Å². The van der Waals surface area contributed by atoms with Crippen LogP contribution < -0.4 is 10.6 Å². The van der Waals surface area contributed by atoms with Crippen molar-refractivity contribution in [1.29, 1.82) is 0 Å². The van der Waals surface area contributed by atoms with Gasteiger partial charge in [-0.3, -0.25) is 4.79 Å². The van der Waals surface area contributed by atoms with E-state index < -0.39 is 0 Å². The fourth-order valence-electron chi connectivity index (χ4n) is 3.76. The molecule has 2 N–H and O–H groups in total. The van der Waals surface area contributed by atoms with Gasteiger partial charge in [0.2, 0.25) is 5.91 Å². The van der Waals surface area contributed by atoms with E-state index in [1.807, 2.05) is 6.07 Å². The number of urea groups is 1. The molecule has 1 unspecified atom stereocenters. The van der Waals surface area contributed by atoms with Crippen LogP contribution in [-0.2, 0) is 11.3 Å². The molecule has 0 saturated carbocycles. The Balaban J connectivity index is 1.41. The molecule has 0 spiro atoms.